The number of carbonyl (C=O) groups excluding carboxylic acids is 1. The minimum Gasteiger partial charge on any atom is -0.368 e. The van der Waals surface area contributed by atoms with Crippen molar-refractivity contribution in [3.05, 3.63) is 64.5 Å². The predicted octanol–water partition coefficient (Wildman–Crippen LogP) is 6.27. The van der Waals surface area contributed by atoms with Crippen molar-refractivity contribution in [2.45, 2.75) is 25.2 Å². The normalized spacial score (nSPS) is 15.4. The summed E-state index contributed by atoms with van der Waals surface area (Å²) in [5, 5.41) is 5.49. The molecule has 2 heterocycles. The first-order valence-corrected chi connectivity index (χ1v) is 12.4. The van der Waals surface area contributed by atoms with Crippen LogP contribution < -0.4 is 10.2 Å². The number of rotatable bonds is 7. The Hall–Kier alpha value is -2.79. The maximum atomic E-state index is 13.0. The van der Waals surface area contributed by atoms with Gasteiger partial charge in [0.15, 0.2) is 0 Å². The molecule has 3 aromatic rings. The molecule has 0 saturated carbocycles. The molecule has 0 radical (unpaired) electrons. The molecule has 1 N–H and O–H groups in total. The number of piperazine rings is 1. The molecule has 194 valence electrons. The first-order chi connectivity index (χ1) is 17.0. The van der Waals surface area contributed by atoms with Crippen molar-refractivity contribution < 1.29 is 31.1 Å². The number of fused-ring (bicyclic) bond motifs is 1. The van der Waals surface area contributed by atoms with Crippen molar-refractivity contribution in [2.24, 2.45) is 0 Å². The van der Waals surface area contributed by atoms with E-state index in [1.165, 1.54) is 29.5 Å². The van der Waals surface area contributed by atoms with Gasteiger partial charge in [-0.3, -0.25) is 9.69 Å². The smallest absolute Gasteiger partial charge is 0.368 e. The molecule has 1 aliphatic rings. The van der Waals surface area contributed by atoms with Gasteiger partial charge in [-0.15, -0.1) is 11.3 Å². The number of nitrogens with zero attached hydrogens (tertiary/aromatic N) is 2. The summed E-state index contributed by atoms with van der Waals surface area (Å²) in [7, 11) is 0. The zero-order valence-corrected chi connectivity index (χ0v) is 20.1. The van der Waals surface area contributed by atoms with Gasteiger partial charge in [0.2, 0.25) is 0 Å². The SMILES string of the molecule is O=C(NCCCCN1CCN(c2csc3cc(C(F)(F)F)ccc23)CC1)c1ccc(C(F)(F)F)cc1. The number of hydrogen-bond acceptors (Lipinski definition) is 4. The topological polar surface area (TPSA) is 35.6 Å². The van der Waals surface area contributed by atoms with E-state index in [0.717, 1.165) is 74.8 Å². The van der Waals surface area contributed by atoms with Crippen LogP contribution in [0.15, 0.2) is 47.8 Å². The molecule has 1 aliphatic heterocycles. The Morgan fingerprint density at radius 1 is 0.861 bits per heavy atom. The second kappa shape index (κ2) is 10.7. The molecule has 2 aromatic carbocycles. The summed E-state index contributed by atoms with van der Waals surface area (Å²) in [6, 6.07) is 8.02. The molecular formula is C25H25F6N3OS. The van der Waals surface area contributed by atoms with Gasteiger partial charge in [-0.05, 0) is 55.8 Å². The first-order valence-electron chi connectivity index (χ1n) is 11.5. The van der Waals surface area contributed by atoms with Gasteiger partial charge in [0.1, 0.15) is 0 Å². The number of amides is 1. The van der Waals surface area contributed by atoms with Gasteiger partial charge in [0.25, 0.3) is 5.91 Å². The van der Waals surface area contributed by atoms with Gasteiger partial charge in [0, 0.05) is 53.8 Å². The average Bonchev–Trinajstić information content (AvgIpc) is 3.26. The van der Waals surface area contributed by atoms with E-state index in [-0.39, 0.29) is 5.56 Å². The van der Waals surface area contributed by atoms with Crippen LogP contribution in [0.1, 0.15) is 34.3 Å². The van der Waals surface area contributed by atoms with Gasteiger partial charge >= 0.3 is 12.4 Å². The fraction of sp³-hybridized carbons (Fsp3) is 0.400. The number of unbranched alkanes of at least 4 members (excludes halogenated alkanes) is 1. The van der Waals surface area contributed by atoms with Crippen LogP contribution >= 0.6 is 11.3 Å². The van der Waals surface area contributed by atoms with E-state index in [0.29, 0.717) is 11.2 Å². The zero-order valence-electron chi connectivity index (χ0n) is 19.3. The first kappa shape index (κ1) is 26.3. The third-order valence-corrected chi connectivity index (χ3v) is 7.19. The van der Waals surface area contributed by atoms with E-state index in [4.69, 9.17) is 0 Å². The number of halogens is 6. The lowest BCUT2D eigenvalue weighted by Gasteiger charge is -2.36. The number of thiophene rings is 1. The number of nitrogens with one attached hydrogen (secondary N) is 1. The highest BCUT2D eigenvalue weighted by atomic mass is 32.1. The molecule has 11 heteroatoms. The second-order valence-corrected chi connectivity index (χ2v) is 9.61. The number of anilines is 1. The van der Waals surface area contributed by atoms with Crippen molar-refractivity contribution in [1.82, 2.24) is 10.2 Å². The van der Waals surface area contributed by atoms with Gasteiger partial charge in [-0.1, -0.05) is 6.07 Å². The fourth-order valence-corrected chi connectivity index (χ4v) is 5.23. The highest BCUT2D eigenvalue weighted by Crippen LogP contribution is 2.38. The van der Waals surface area contributed by atoms with Crippen LogP contribution in [0.5, 0.6) is 0 Å². The van der Waals surface area contributed by atoms with Crippen molar-refractivity contribution in [3.63, 3.8) is 0 Å². The molecule has 36 heavy (non-hydrogen) atoms. The summed E-state index contributed by atoms with van der Waals surface area (Å²) in [5.41, 5.74) is -0.269. The Kier molecular flexibility index (Phi) is 7.79. The summed E-state index contributed by atoms with van der Waals surface area (Å²) >= 11 is 1.32. The summed E-state index contributed by atoms with van der Waals surface area (Å²) in [4.78, 5) is 16.6. The molecule has 0 bridgehead atoms. The highest BCUT2D eigenvalue weighted by Gasteiger charge is 2.31. The van der Waals surface area contributed by atoms with E-state index < -0.39 is 29.4 Å². The fourth-order valence-electron chi connectivity index (χ4n) is 4.22. The minimum atomic E-state index is -4.43. The van der Waals surface area contributed by atoms with Crippen LogP contribution in [0, 0.1) is 0 Å². The van der Waals surface area contributed by atoms with E-state index in [1.54, 1.807) is 6.07 Å². The molecule has 1 saturated heterocycles. The molecule has 0 aliphatic carbocycles. The van der Waals surface area contributed by atoms with E-state index >= 15 is 0 Å². The molecule has 4 nitrogen and oxygen atoms in total. The van der Waals surface area contributed by atoms with Gasteiger partial charge in [-0.25, -0.2) is 0 Å². The van der Waals surface area contributed by atoms with E-state index in [9.17, 15) is 31.1 Å². The standard InChI is InChI=1S/C25H25F6N3OS/c26-24(27,28)18-5-3-17(4-6-18)23(35)32-9-1-2-10-33-11-13-34(14-12-33)21-16-36-22-15-19(25(29,30)31)7-8-20(21)22/h3-8,15-16H,1-2,9-14H2,(H,32,35). The van der Waals surface area contributed by atoms with Crippen molar-refractivity contribution >= 4 is 33.0 Å². The van der Waals surface area contributed by atoms with Crippen LogP contribution in [-0.2, 0) is 12.4 Å². The highest BCUT2D eigenvalue weighted by molar-refractivity contribution is 7.17. The third kappa shape index (κ3) is 6.31. The largest absolute Gasteiger partial charge is 0.416 e. The molecule has 1 fully saturated rings. The van der Waals surface area contributed by atoms with Crippen molar-refractivity contribution in [3.8, 4) is 0 Å². The molecule has 0 atom stereocenters. The van der Waals surface area contributed by atoms with Crippen molar-refractivity contribution in [2.75, 3.05) is 44.2 Å². The maximum Gasteiger partial charge on any atom is 0.416 e. The lowest BCUT2D eigenvalue weighted by atomic mass is 10.1. The average molecular weight is 530 g/mol. The van der Waals surface area contributed by atoms with Crippen molar-refractivity contribution in [1.29, 1.82) is 0 Å². The number of carbonyl (C=O) groups is 1. The molecule has 1 amide bonds. The Bertz CT molecular complexity index is 1180. The lowest BCUT2D eigenvalue weighted by molar-refractivity contribution is -0.138. The van der Waals surface area contributed by atoms with Gasteiger partial charge in [0.05, 0.1) is 16.8 Å². The van der Waals surface area contributed by atoms with E-state index in [1.807, 2.05) is 5.38 Å². The van der Waals surface area contributed by atoms with Crippen LogP contribution in [0.2, 0.25) is 0 Å². The Balaban J connectivity index is 1.18. The lowest BCUT2D eigenvalue weighted by Crippen LogP contribution is -2.46. The second-order valence-electron chi connectivity index (χ2n) is 8.70. The minimum absolute atomic E-state index is 0.190. The number of benzene rings is 2. The maximum absolute atomic E-state index is 13.0. The third-order valence-electron chi connectivity index (χ3n) is 6.26. The summed E-state index contributed by atoms with van der Waals surface area (Å²) in [6.07, 6.45) is -7.19. The molecule has 0 spiro atoms. The molecule has 0 unspecified atom stereocenters. The number of alkyl halides is 6. The predicted molar refractivity (Wildman–Crippen MR) is 128 cm³/mol. The summed E-state index contributed by atoms with van der Waals surface area (Å²) in [5.74, 6) is -0.400. The van der Waals surface area contributed by atoms with Gasteiger partial charge < -0.3 is 10.2 Å². The Labute approximate surface area is 208 Å². The Morgan fingerprint density at radius 3 is 2.14 bits per heavy atom. The van der Waals surface area contributed by atoms with Crippen LogP contribution in [0.3, 0.4) is 0 Å². The summed E-state index contributed by atoms with van der Waals surface area (Å²) < 4.78 is 77.4. The van der Waals surface area contributed by atoms with Crippen LogP contribution in [-0.4, -0.2) is 50.1 Å². The number of hydrogen-bond donors (Lipinski definition) is 1. The van der Waals surface area contributed by atoms with Crippen LogP contribution in [0.4, 0.5) is 32.0 Å². The van der Waals surface area contributed by atoms with E-state index in [2.05, 4.69) is 15.1 Å². The molecular weight excluding hydrogens is 504 g/mol. The van der Waals surface area contributed by atoms with Gasteiger partial charge in [-0.2, -0.15) is 26.3 Å². The molecule has 4 rings (SSSR count). The Morgan fingerprint density at radius 2 is 1.50 bits per heavy atom. The zero-order chi connectivity index (χ0) is 25.9. The quantitative estimate of drug-likeness (QED) is 0.290. The van der Waals surface area contributed by atoms with Crippen LogP contribution in [0.25, 0.3) is 10.1 Å². The molecule has 1 aromatic heterocycles. The monoisotopic (exact) mass is 529 g/mol. The summed E-state index contributed by atoms with van der Waals surface area (Å²) in [6.45, 7) is 4.49.